The molecule has 3 rings (SSSR count). The highest BCUT2D eigenvalue weighted by molar-refractivity contribution is 6.32. The monoisotopic (exact) mass is 351 g/mol. The minimum absolute atomic E-state index is 0.0496. The fraction of sp³-hybridized carbons (Fsp3) is 0.632. The molecule has 2 aliphatic rings. The Bertz CT molecular complexity index is 609. The summed E-state index contributed by atoms with van der Waals surface area (Å²) in [5.41, 5.74) is 1.54. The molecule has 132 valence electrons. The number of likely N-dealkylation sites (tertiary alicyclic amines) is 1. The maximum absolute atomic E-state index is 12.3. The Morgan fingerprint density at radius 1 is 1.50 bits per heavy atom. The molecule has 1 aromatic rings. The van der Waals surface area contributed by atoms with Crippen molar-refractivity contribution >= 4 is 17.5 Å². The minimum atomic E-state index is -0.236. The average Bonchev–Trinajstić information content (AvgIpc) is 3.00. The van der Waals surface area contributed by atoms with Crippen LogP contribution in [0.4, 0.5) is 0 Å². The molecule has 1 aliphatic heterocycles. The first-order valence-electron chi connectivity index (χ1n) is 8.75. The Labute approximate surface area is 148 Å². The highest BCUT2D eigenvalue weighted by Crippen LogP contribution is 2.52. The van der Waals surface area contributed by atoms with Crippen LogP contribution in [0.2, 0.25) is 5.02 Å². The van der Waals surface area contributed by atoms with Crippen LogP contribution >= 0.6 is 11.6 Å². The standard InChI is InChI=1S/C19H26ClNO3/c1-3-13(10-22)18(23)21-11-19(12-21)7-6-15(9-19)14-4-5-16(20)17(8-14)24-2/h4-5,8,13,15,22H,3,6-7,9-12H2,1-2H3/t13-,15?/m1/s1. The van der Waals surface area contributed by atoms with E-state index in [0.29, 0.717) is 17.4 Å². The number of carbonyl (C=O) groups is 1. The second kappa shape index (κ2) is 6.93. The van der Waals surface area contributed by atoms with Gasteiger partial charge in [0.25, 0.3) is 0 Å². The van der Waals surface area contributed by atoms with Crippen LogP contribution in [0.3, 0.4) is 0 Å². The molecule has 4 nitrogen and oxygen atoms in total. The molecule has 1 N–H and O–H groups in total. The molecule has 2 atom stereocenters. The molecule has 1 saturated heterocycles. The lowest BCUT2D eigenvalue weighted by atomic mass is 9.76. The second-order valence-corrected chi connectivity index (χ2v) is 7.72. The van der Waals surface area contributed by atoms with Crippen LogP contribution in [0.15, 0.2) is 18.2 Å². The molecule has 1 saturated carbocycles. The number of halogens is 1. The Morgan fingerprint density at radius 2 is 2.25 bits per heavy atom. The van der Waals surface area contributed by atoms with Gasteiger partial charge in [-0.15, -0.1) is 0 Å². The normalized spacial score (nSPS) is 23.2. The topological polar surface area (TPSA) is 49.8 Å². The zero-order valence-electron chi connectivity index (χ0n) is 14.4. The Morgan fingerprint density at radius 3 is 2.88 bits per heavy atom. The molecule has 1 heterocycles. The van der Waals surface area contributed by atoms with Crippen molar-refractivity contribution in [3.05, 3.63) is 28.8 Å². The molecule has 2 fully saturated rings. The summed E-state index contributed by atoms with van der Waals surface area (Å²) in [4.78, 5) is 14.3. The summed E-state index contributed by atoms with van der Waals surface area (Å²) in [5.74, 6) is 1.12. The summed E-state index contributed by atoms with van der Waals surface area (Å²) in [6.07, 6.45) is 4.11. The van der Waals surface area contributed by atoms with Gasteiger partial charge in [0.2, 0.25) is 5.91 Å². The van der Waals surface area contributed by atoms with Gasteiger partial charge in [0, 0.05) is 18.5 Å². The average molecular weight is 352 g/mol. The van der Waals surface area contributed by atoms with Crippen molar-refractivity contribution in [1.82, 2.24) is 4.90 Å². The highest BCUT2D eigenvalue weighted by atomic mass is 35.5. The van der Waals surface area contributed by atoms with E-state index in [9.17, 15) is 9.90 Å². The molecule has 1 unspecified atom stereocenters. The van der Waals surface area contributed by atoms with Gasteiger partial charge in [-0.25, -0.2) is 0 Å². The molecule has 5 heteroatoms. The molecule has 0 bridgehead atoms. The molecule has 1 aromatic carbocycles. The van der Waals surface area contributed by atoms with E-state index in [1.54, 1.807) is 7.11 Å². The van der Waals surface area contributed by atoms with E-state index >= 15 is 0 Å². The van der Waals surface area contributed by atoms with Gasteiger partial charge in [-0.2, -0.15) is 0 Å². The summed E-state index contributed by atoms with van der Waals surface area (Å²) in [6.45, 7) is 3.58. The first-order chi connectivity index (χ1) is 11.5. The first kappa shape index (κ1) is 17.6. The predicted molar refractivity (Wildman–Crippen MR) is 94.5 cm³/mol. The van der Waals surface area contributed by atoms with E-state index < -0.39 is 0 Å². The number of ether oxygens (including phenoxy) is 1. The van der Waals surface area contributed by atoms with Gasteiger partial charge in [0.1, 0.15) is 5.75 Å². The lowest BCUT2D eigenvalue weighted by Gasteiger charge is -2.49. The van der Waals surface area contributed by atoms with Crippen LogP contribution in [0.25, 0.3) is 0 Å². The minimum Gasteiger partial charge on any atom is -0.495 e. The van der Waals surface area contributed by atoms with E-state index in [-0.39, 0.29) is 23.8 Å². The van der Waals surface area contributed by atoms with Crippen molar-refractivity contribution in [2.75, 3.05) is 26.8 Å². The fourth-order valence-electron chi connectivity index (χ4n) is 4.27. The number of methoxy groups -OCH3 is 1. The van der Waals surface area contributed by atoms with E-state index in [0.717, 1.165) is 38.1 Å². The number of rotatable bonds is 5. The molecular weight excluding hydrogens is 326 g/mol. The zero-order chi connectivity index (χ0) is 17.3. The van der Waals surface area contributed by atoms with Crippen molar-refractivity contribution in [1.29, 1.82) is 0 Å². The summed E-state index contributed by atoms with van der Waals surface area (Å²) in [7, 11) is 1.64. The Kier molecular flexibility index (Phi) is 5.07. The van der Waals surface area contributed by atoms with E-state index in [2.05, 4.69) is 6.07 Å². The maximum Gasteiger partial charge on any atom is 0.228 e. The number of hydrogen-bond donors (Lipinski definition) is 1. The van der Waals surface area contributed by atoms with Gasteiger partial charge < -0.3 is 14.7 Å². The molecule has 1 spiro atoms. The van der Waals surface area contributed by atoms with Crippen LogP contribution in [0.1, 0.15) is 44.1 Å². The zero-order valence-corrected chi connectivity index (χ0v) is 15.2. The van der Waals surface area contributed by atoms with E-state index in [4.69, 9.17) is 16.3 Å². The van der Waals surface area contributed by atoms with Crippen LogP contribution < -0.4 is 4.74 Å². The molecule has 24 heavy (non-hydrogen) atoms. The van der Waals surface area contributed by atoms with Crippen molar-refractivity contribution < 1.29 is 14.6 Å². The largest absolute Gasteiger partial charge is 0.495 e. The van der Waals surface area contributed by atoms with Gasteiger partial charge in [-0.3, -0.25) is 4.79 Å². The summed E-state index contributed by atoms with van der Waals surface area (Å²) >= 11 is 6.12. The van der Waals surface area contributed by atoms with Gasteiger partial charge in [0.05, 0.1) is 24.7 Å². The van der Waals surface area contributed by atoms with Crippen molar-refractivity contribution in [3.8, 4) is 5.75 Å². The Hall–Kier alpha value is -1.26. The first-order valence-corrected chi connectivity index (χ1v) is 9.13. The van der Waals surface area contributed by atoms with Crippen molar-refractivity contribution in [2.24, 2.45) is 11.3 Å². The van der Waals surface area contributed by atoms with Gasteiger partial charge in [0.15, 0.2) is 0 Å². The maximum atomic E-state index is 12.3. The third-order valence-electron chi connectivity index (χ3n) is 5.78. The molecule has 0 aromatic heterocycles. The third kappa shape index (κ3) is 3.14. The van der Waals surface area contributed by atoms with E-state index in [1.807, 2.05) is 24.0 Å². The number of nitrogens with zero attached hydrogens (tertiary/aromatic N) is 1. The highest BCUT2D eigenvalue weighted by Gasteiger charge is 2.50. The number of aliphatic hydroxyl groups excluding tert-OH is 1. The number of hydrogen-bond acceptors (Lipinski definition) is 3. The van der Waals surface area contributed by atoms with Gasteiger partial charge >= 0.3 is 0 Å². The van der Waals surface area contributed by atoms with Crippen LogP contribution in [0, 0.1) is 11.3 Å². The molecule has 0 radical (unpaired) electrons. The van der Waals surface area contributed by atoms with Crippen LogP contribution in [-0.4, -0.2) is 42.7 Å². The van der Waals surface area contributed by atoms with Crippen molar-refractivity contribution in [3.63, 3.8) is 0 Å². The number of aliphatic hydroxyl groups is 1. The third-order valence-corrected chi connectivity index (χ3v) is 6.09. The molecular formula is C19H26ClNO3. The van der Waals surface area contributed by atoms with Gasteiger partial charge in [-0.05, 0) is 49.3 Å². The van der Waals surface area contributed by atoms with Gasteiger partial charge in [-0.1, -0.05) is 24.6 Å². The SMILES string of the molecule is CC[C@H](CO)C(=O)N1CC2(CCC(c3ccc(Cl)c(OC)c3)C2)C1. The predicted octanol–water partition coefficient (Wildman–Crippen LogP) is 3.46. The summed E-state index contributed by atoms with van der Waals surface area (Å²) in [6, 6.07) is 6.05. The van der Waals surface area contributed by atoms with Crippen LogP contribution in [0.5, 0.6) is 5.75 Å². The number of carbonyl (C=O) groups excluding carboxylic acids is 1. The van der Waals surface area contributed by atoms with Crippen LogP contribution in [-0.2, 0) is 4.79 Å². The summed E-state index contributed by atoms with van der Waals surface area (Å²) < 4.78 is 5.33. The van der Waals surface area contributed by atoms with Crippen molar-refractivity contribution in [2.45, 2.75) is 38.5 Å². The number of benzene rings is 1. The second-order valence-electron chi connectivity index (χ2n) is 7.32. The fourth-order valence-corrected chi connectivity index (χ4v) is 4.46. The lowest BCUT2D eigenvalue weighted by molar-refractivity contribution is -0.149. The summed E-state index contributed by atoms with van der Waals surface area (Å²) in [5, 5.41) is 9.96. The lowest BCUT2D eigenvalue weighted by Crippen LogP contribution is -2.58. The number of amides is 1. The quantitative estimate of drug-likeness (QED) is 0.883. The Balaban J connectivity index is 1.62. The smallest absolute Gasteiger partial charge is 0.228 e. The molecule has 1 aliphatic carbocycles. The molecule has 1 amide bonds. The van der Waals surface area contributed by atoms with E-state index in [1.165, 1.54) is 5.56 Å².